The molecule has 0 atom stereocenters. The van der Waals surface area contributed by atoms with Crippen molar-refractivity contribution >= 4 is 15.7 Å². The van der Waals surface area contributed by atoms with Crippen molar-refractivity contribution in [3.63, 3.8) is 0 Å². The molecule has 0 unspecified atom stereocenters. The molecule has 3 rings (SSSR count). The molecule has 0 aliphatic heterocycles. The van der Waals surface area contributed by atoms with Gasteiger partial charge in [0, 0.05) is 12.7 Å². The first-order valence-corrected chi connectivity index (χ1v) is 10.7. The Bertz CT molecular complexity index is 1110. The molecule has 0 saturated heterocycles. The number of alkyl halides is 6. The fourth-order valence-electron chi connectivity index (χ4n) is 3.21. The third-order valence-electron chi connectivity index (χ3n) is 5.03. The Labute approximate surface area is 177 Å². The number of hydrogen-bond acceptors (Lipinski definition) is 4. The van der Waals surface area contributed by atoms with E-state index in [2.05, 4.69) is 10.3 Å². The molecule has 0 radical (unpaired) electrons. The smallest absolute Gasteiger partial charge is 0.352 e. The average molecular weight is 484 g/mol. The molecule has 5 nitrogen and oxygen atoms in total. The van der Waals surface area contributed by atoms with Gasteiger partial charge in [-0.05, 0) is 49.1 Å². The highest BCUT2D eigenvalue weighted by molar-refractivity contribution is 7.92. The molecular formula is C19H15F7N2O3S. The summed E-state index contributed by atoms with van der Waals surface area (Å²) in [5, 5.41) is 1.40. The van der Waals surface area contributed by atoms with Crippen molar-refractivity contribution in [2.75, 3.05) is 6.54 Å². The summed E-state index contributed by atoms with van der Waals surface area (Å²) in [7, 11) is -4.22. The van der Waals surface area contributed by atoms with Crippen molar-refractivity contribution in [2.45, 2.75) is 35.3 Å². The number of hydrogen-bond donors (Lipinski definition) is 1. The minimum atomic E-state index is -4.91. The molecule has 1 aromatic heterocycles. The predicted octanol–water partition coefficient (Wildman–Crippen LogP) is 4.24. The monoisotopic (exact) mass is 484 g/mol. The van der Waals surface area contributed by atoms with E-state index in [-0.39, 0.29) is 36.9 Å². The summed E-state index contributed by atoms with van der Waals surface area (Å²) < 4.78 is 115. The molecule has 0 spiro atoms. The first-order valence-electron chi connectivity index (χ1n) is 9.11. The van der Waals surface area contributed by atoms with E-state index in [0.29, 0.717) is 18.2 Å². The highest BCUT2D eigenvalue weighted by Crippen LogP contribution is 2.38. The summed E-state index contributed by atoms with van der Waals surface area (Å²) in [4.78, 5) is 14.4. The number of halogens is 7. The van der Waals surface area contributed by atoms with Gasteiger partial charge in [-0.2, -0.15) is 26.3 Å². The number of nitrogens with one attached hydrogen (secondary N) is 1. The van der Waals surface area contributed by atoms with Gasteiger partial charge in [0.15, 0.2) is 9.84 Å². The number of pyridine rings is 1. The van der Waals surface area contributed by atoms with E-state index in [0.717, 1.165) is 12.3 Å². The zero-order valence-corrected chi connectivity index (χ0v) is 16.8. The summed E-state index contributed by atoms with van der Waals surface area (Å²) in [5.41, 5.74) is -2.70. The van der Waals surface area contributed by atoms with E-state index in [1.807, 2.05) is 0 Å². The van der Waals surface area contributed by atoms with Crippen LogP contribution in [0.25, 0.3) is 0 Å². The molecule has 1 aliphatic carbocycles. The first-order chi connectivity index (χ1) is 14.7. The summed E-state index contributed by atoms with van der Waals surface area (Å²) in [6, 6.07) is 2.70. The second-order valence-corrected chi connectivity index (χ2v) is 9.55. The van der Waals surface area contributed by atoms with Crippen LogP contribution < -0.4 is 5.32 Å². The molecule has 1 saturated carbocycles. The Morgan fingerprint density at radius 2 is 1.69 bits per heavy atom. The zero-order valence-electron chi connectivity index (χ0n) is 16.0. The number of carbonyl (C=O) groups excluding carboxylic acids is 1. The van der Waals surface area contributed by atoms with Crippen LogP contribution in [0.15, 0.2) is 41.4 Å². The van der Waals surface area contributed by atoms with Gasteiger partial charge < -0.3 is 5.32 Å². The van der Waals surface area contributed by atoms with E-state index in [1.54, 1.807) is 0 Å². The molecule has 1 fully saturated rings. The van der Waals surface area contributed by atoms with Crippen LogP contribution in [-0.2, 0) is 22.2 Å². The van der Waals surface area contributed by atoms with Crippen molar-refractivity contribution in [1.29, 1.82) is 0 Å². The van der Waals surface area contributed by atoms with Gasteiger partial charge in [-0.3, -0.25) is 9.78 Å². The van der Waals surface area contributed by atoms with Crippen molar-refractivity contribution in [3.8, 4) is 0 Å². The summed E-state index contributed by atoms with van der Waals surface area (Å²) >= 11 is 0. The van der Waals surface area contributed by atoms with Crippen molar-refractivity contribution < 1.29 is 43.9 Å². The zero-order chi connectivity index (χ0) is 23.9. The second kappa shape index (κ2) is 8.34. The van der Waals surface area contributed by atoms with Crippen LogP contribution in [0.5, 0.6) is 0 Å². The van der Waals surface area contributed by atoms with Crippen LogP contribution in [0.3, 0.4) is 0 Å². The number of sulfone groups is 1. The van der Waals surface area contributed by atoms with Crippen LogP contribution in [0, 0.1) is 11.7 Å². The molecule has 1 heterocycles. The van der Waals surface area contributed by atoms with E-state index >= 15 is 0 Å². The number of aromatic nitrogens is 1. The van der Waals surface area contributed by atoms with E-state index in [9.17, 15) is 43.9 Å². The maximum absolute atomic E-state index is 13.5. The fraction of sp³-hybridized carbons (Fsp3) is 0.368. The van der Waals surface area contributed by atoms with Crippen LogP contribution >= 0.6 is 0 Å². The summed E-state index contributed by atoms with van der Waals surface area (Å²) in [6.45, 7) is 0.00281. The minimum Gasteiger partial charge on any atom is -0.352 e. The van der Waals surface area contributed by atoms with Gasteiger partial charge in [0.2, 0.25) is 0 Å². The second-order valence-electron chi connectivity index (χ2n) is 7.32. The van der Waals surface area contributed by atoms with Gasteiger partial charge in [0.25, 0.3) is 5.91 Å². The number of carbonyl (C=O) groups is 1. The topological polar surface area (TPSA) is 76.1 Å². The number of amides is 1. The Balaban J connectivity index is 1.58. The number of benzene rings is 1. The molecule has 1 aromatic carbocycles. The fourth-order valence-corrected chi connectivity index (χ4v) is 5.22. The van der Waals surface area contributed by atoms with Crippen LogP contribution in [0.2, 0.25) is 0 Å². The van der Waals surface area contributed by atoms with E-state index in [1.165, 1.54) is 0 Å². The van der Waals surface area contributed by atoms with Crippen molar-refractivity contribution in [2.24, 2.45) is 5.92 Å². The lowest BCUT2D eigenvalue weighted by molar-refractivity contribution is -0.141. The molecule has 32 heavy (non-hydrogen) atoms. The number of rotatable bonds is 5. The van der Waals surface area contributed by atoms with Crippen LogP contribution in [-0.4, -0.2) is 31.1 Å². The Hall–Kier alpha value is -2.70. The van der Waals surface area contributed by atoms with Gasteiger partial charge in [0.05, 0.1) is 21.3 Å². The third-order valence-corrected chi connectivity index (χ3v) is 7.18. The Morgan fingerprint density at radius 3 is 2.22 bits per heavy atom. The summed E-state index contributed by atoms with van der Waals surface area (Å²) in [5.74, 6) is -2.36. The van der Waals surface area contributed by atoms with Gasteiger partial charge in [-0.15, -0.1) is 0 Å². The van der Waals surface area contributed by atoms with Gasteiger partial charge in [-0.1, -0.05) is 0 Å². The molecular weight excluding hydrogens is 469 g/mol. The average Bonchev–Trinajstić information content (AvgIpc) is 2.64. The highest BCUT2D eigenvalue weighted by Gasteiger charge is 2.41. The quantitative estimate of drug-likeness (QED) is 0.645. The SMILES string of the molecule is O=C(NC[C@H]1C[C@H](S(=O)(=O)c2cc(F)cc(C(F)(F)F)c2)C1)c1ccc(C(F)(F)F)nc1. The molecule has 174 valence electrons. The minimum absolute atomic E-state index is 0.00281. The summed E-state index contributed by atoms with van der Waals surface area (Å²) in [6.07, 6.45) is -8.76. The molecule has 1 N–H and O–H groups in total. The normalized spacial score (nSPS) is 19.3. The molecule has 1 aliphatic rings. The maximum atomic E-state index is 13.5. The molecule has 2 aromatic rings. The van der Waals surface area contributed by atoms with E-state index < -0.39 is 55.3 Å². The van der Waals surface area contributed by atoms with E-state index in [4.69, 9.17) is 0 Å². The first kappa shape index (κ1) is 24.0. The van der Waals surface area contributed by atoms with Gasteiger partial charge in [0.1, 0.15) is 11.5 Å². The van der Waals surface area contributed by atoms with Crippen molar-refractivity contribution in [1.82, 2.24) is 10.3 Å². The Morgan fingerprint density at radius 1 is 1.03 bits per heavy atom. The molecule has 13 heteroatoms. The van der Waals surface area contributed by atoms with Gasteiger partial charge in [-0.25, -0.2) is 12.8 Å². The van der Waals surface area contributed by atoms with Crippen LogP contribution in [0.1, 0.15) is 34.5 Å². The van der Waals surface area contributed by atoms with Crippen molar-refractivity contribution in [3.05, 3.63) is 59.2 Å². The molecule has 1 amide bonds. The largest absolute Gasteiger partial charge is 0.433 e. The number of nitrogens with zero attached hydrogens (tertiary/aromatic N) is 1. The van der Waals surface area contributed by atoms with Gasteiger partial charge >= 0.3 is 12.4 Å². The maximum Gasteiger partial charge on any atom is 0.433 e. The standard InChI is InChI=1S/C19H15F7N2O3S/c20-13-5-12(18(21,22)23)6-15(7-13)32(30,31)14-3-10(4-14)8-28-17(29)11-1-2-16(27-9-11)19(24,25)26/h1-2,5-7,9-10,14H,3-4,8H2,(H,28,29)/t10-,14-. The lowest BCUT2D eigenvalue weighted by Gasteiger charge is -2.35. The molecule has 0 bridgehead atoms. The third kappa shape index (κ3) is 5.19. The highest BCUT2D eigenvalue weighted by atomic mass is 32.2. The predicted molar refractivity (Wildman–Crippen MR) is 96.7 cm³/mol. The lowest BCUT2D eigenvalue weighted by Crippen LogP contribution is -2.42. The Kier molecular flexibility index (Phi) is 6.24. The van der Waals surface area contributed by atoms with Crippen LogP contribution in [0.4, 0.5) is 30.7 Å². The lowest BCUT2D eigenvalue weighted by atomic mass is 9.85.